The Balaban J connectivity index is 1.52. The summed E-state index contributed by atoms with van der Waals surface area (Å²) >= 11 is 1.84. The molecule has 2 aliphatic rings. The van der Waals surface area contributed by atoms with Crippen LogP contribution in [0.1, 0.15) is 34.2 Å². The van der Waals surface area contributed by atoms with Gasteiger partial charge in [0.05, 0.1) is 12.3 Å². The van der Waals surface area contributed by atoms with E-state index >= 15 is 0 Å². The van der Waals surface area contributed by atoms with Gasteiger partial charge in [0.15, 0.2) is 0 Å². The van der Waals surface area contributed by atoms with Gasteiger partial charge in [-0.15, -0.1) is 11.3 Å². The Morgan fingerprint density at radius 1 is 1.27 bits per heavy atom. The summed E-state index contributed by atoms with van der Waals surface area (Å²) in [5, 5.41) is 2.16. The van der Waals surface area contributed by atoms with E-state index in [1.807, 2.05) is 11.3 Å². The summed E-state index contributed by atoms with van der Waals surface area (Å²) in [6.45, 7) is 4.93. The third-order valence-corrected chi connectivity index (χ3v) is 5.55. The molecule has 4 rings (SSSR count). The molecule has 0 N–H and O–H groups in total. The number of rotatable bonds is 3. The number of thiophene rings is 1. The lowest BCUT2D eigenvalue weighted by atomic mass is 9.96. The highest BCUT2D eigenvalue weighted by molar-refractivity contribution is 7.09. The van der Waals surface area contributed by atoms with Gasteiger partial charge in [0.2, 0.25) is 0 Å². The zero-order chi connectivity index (χ0) is 14.8. The second-order valence-electron chi connectivity index (χ2n) is 6.10. The van der Waals surface area contributed by atoms with Gasteiger partial charge in [0.25, 0.3) is 0 Å². The Kier molecular flexibility index (Phi) is 4.19. The standard InChI is InChI=1S/C17H21N3OS/c1-2-14(22-9-1)10-20-6-3-15-16(4-7-20)18-12-19-17(15)13-5-8-21-11-13/h1-2,9,12-13H,3-8,10-11H2/t13-/m1/s1. The highest BCUT2D eigenvalue weighted by Crippen LogP contribution is 2.29. The Morgan fingerprint density at radius 3 is 3.05 bits per heavy atom. The quantitative estimate of drug-likeness (QED) is 0.873. The lowest BCUT2D eigenvalue weighted by Crippen LogP contribution is -2.25. The van der Waals surface area contributed by atoms with Crippen LogP contribution in [0.5, 0.6) is 0 Å². The molecule has 0 aromatic carbocycles. The molecule has 0 saturated carbocycles. The number of ether oxygens (including phenoxy) is 1. The highest BCUT2D eigenvalue weighted by Gasteiger charge is 2.25. The first kappa shape index (κ1) is 14.3. The highest BCUT2D eigenvalue weighted by atomic mass is 32.1. The van der Waals surface area contributed by atoms with Crippen LogP contribution in [0.15, 0.2) is 23.8 Å². The smallest absolute Gasteiger partial charge is 0.115 e. The maximum absolute atomic E-state index is 5.56. The summed E-state index contributed by atoms with van der Waals surface area (Å²) in [5.41, 5.74) is 3.90. The SMILES string of the molecule is c1csc(CN2CCc3ncnc([C@@H]4CCOC4)c3CC2)c1. The number of nitrogens with zero attached hydrogens (tertiary/aromatic N) is 3. The van der Waals surface area contributed by atoms with Crippen molar-refractivity contribution in [3.8, 4) is 0 Å². The molecule has 0 radical (unpaired) electrons. The Labute approximate surface area is 135 Å². The van der Waals surface area contributed by atoms with Crippen LogP contribution in [0.4, 0.5) is 0 Å². The van der Waals surface area contributed by atoms with Crippen LogP contribution in [-0.4, -0.2) is 41.2 Å². The van der Waals surface area contributed by atoms with Gasteiger partial charge in [0.1, 0.15) is 6.33 Å². The van der Waals surface area contributed by atoms with Crippen LogP contribution in [0.25, 0.3) is 0 Å². The molecule has 1 atom stereocenters. The molecule has 1 fully saturated rings. The molecular formula is C17H21N3OS. The van der Waals surface area contributed by atoms with E-state index in [1.165, 1.54) is 21.8 Å². The molecule has 0 spiro atoms. The predicted molar refractivity (Wildman–Crippen MR) is 87.2 cm³/mol. The van der Waals surface area contributed by atoms with Crippen molar-refractivity contribution in [3.63, 3.8) is 0 Å². The first-order chi connectivity index (χ1) is 10.9. The average Bonchev–Trinajstić information content (AvgIpc) is 3.20. The molecule has 0 amide bonds. The van der Waals surface area contributed by atoms with E-state index in [-0.39, 0.29) is 0 Å². The van der Waals surface area contributed by atoms with Crippen LogP contribution >= 0.6 is 11.3 Å². The fourth-order valence-corrected chi connectivity index (χ4v) is 4.23. The third kappa shape index (κ3) is 2.93. The van der Waals surface area contributed by atoms with Crippen LogP contribution < -0.4 is 0 Å². The minimum Gasteiger partial charge on any atom is -0.381 e. The first-order valence-electron chi connectivity index (χ1n) is 8.05. The molecule has 116 valence electrons. The van der Waals surface area contributed by atoms with Crippen molar-refractivity contribution in [2.24, 2.45) is 0 Å². The van der Waals surface area contributed by atoms with Crippen molar-refractivity contribution in [1.82, 2.24) is 14.9 Å². The Morgan fingerprint density at radius 2 is 2.23 bits per heavy atom. The maximum Gasteiger partial charge on any atom is 0.115 e. The van der Waals surface area contributed by atoms with E-state index in [1.54, 1.807) is 6.33 Å². The van der Waals surface area contributed by atoms with Crippen molar-refractivity contribution in [2.75, 3.05) is 26.3 Å². The summed E-state index contributed by atoms with van der Waals surface area (Å²) in [7, 11) is 0. The van der Waals surface area contributed by atoms with Crippen molar-refractivity contribution >= 4 is 11.3 Å². The number of aromatic nitrogens is 2. The molecule has 22 heavy (non-hydrogen) atoms. The fourth-order valence-electron chi connectivity index (χ4n) is 3.48. The van der Waals surface area contributed by atoms with Gasteiger partial charge in [-0.25, -0.2) is 9.97 Å². The molecular weight excluding hydrogens is 294 g/mol. The predicted octanol–water partition coefficient (Wildman–Crippen LogP) is 2.64. The van der Waals surface area contributed by atoms with Crippen molar-refractivity contribution in [2.45, 2.75) is 31.7 Å². The number of hydrogen-bond donors (Lipinski definition) is 0. The maximum atomic E-state index is 5.56. The molecule has 0 unspecified atom stereocenters. The summed E-state index contributed by atoms with van der Waals surface area (Å²) in [6, 6.07) is 4.36. The fraction of sp³-hybridized carbons (Fsp3) is 0.529. The Hall–Kier alpha value is -1.30. The first-order valence-corrected chi connectivity index (χ1v) is 8.93. The molecule has 2 aromatic rings. The van der Waals surface area contributed by atoms with Crippen LogP contribution in [0.3, 0.4) is 0 Å². The second-order valence-corrected chi connectivity index (χ2v) is 7.13. The van der Waals surface area contributed by atoms with Gasteiger partial charge in [-0.05, 0) is 29.9 Å². The lowest BCUT2D eigenvalue weighted by Gasteiger charge is -2.18. The van der Waals surface area contributed by atoms with Gasteiger partial charge < -0.3 is 4.74 Å². The molecule has 4 heterocycles. The second kappa shape index (κ2) is 6.44. The molecule has 0 aliphatic carbocycles. The normalized spacial score (nSPS) is 22.5. The van der Waals surface area contributed by atoms with Gasteiger partial charge >= 0.3 is 0 Å². The van der Waals surface area contributed by atoms with Gasteiger partial charge in [-0.1, -0.05) is 6.07 Å². The van der Waals surface area contributed by atoms with Gasteiger partial charge in [-0.2, -0.15) is 0 Å². The largest absolute Gasteiger partial charge is 0.381 e. The topological polar surface area (TPSA) is 38.2 Å². The van der Waals surface area contributed by atoms with E-state index in [0.717, 1.165) is 52.1 Å². The van der Waals surface area contributed by atoms with E-state index < -0.39 is 0 Å². The van der Waals surface area contributed by atoms with E-state index in [0.29, 0.717) is 5.92 Å². The summed E-state index contributed by atoms with van der Waals surface area (Å²) in [5.74, 6) is 0.473. The van der Waals surface area contributed by atoms with Crippen LogP contribution in [-0.2, 0) is 24.1 Å². The van der Waals surface area contributed by atoms with E-state index in [2.05, 4.69) is 32.4 Å². The van der Waals surface area contributed by atoms with Crippen molar-refractivity contribution < 1.29 is 4.74 Å². The monoisotopic (exact) mass is 315 g/mol. The molecule has 0 bridgehead atoms. The number of fused-ring (bicyclic) bond motifs is 1. The molecule has 2 aromatic heterocycles. The van der Waals surface area contributed by atoms with Crippen molar-refractivity contribution in [1.29, 1.82) is 0 Å². The molecule has 2 aliphatic heterocycles. The Bertz CT molecular complexity index is 623. The lowest BCUT2D eigenvalue weighted by molar-refractivity contribution is 0.193. The zero-order valence-electron chi connectivity index (χ0n) is 12.7. The van der Waals surface area contributed by atoms with E-state index in [4.69, 9.17) is 4.74 Å². The van der Waals surface area contributed by atoms with Gasteiger partial charge in [-0.3, -0.25) is 4.90 Å². The van der Waals surface area contributed by atoms with E-state index in [9.17, 15) is 0 Å². The van der Waals surface area contributed by atoms with Crippen LogP contribution in [0, 0.1) is 0 Å². The minimum absolute atomic E-state index is 0.473. The molecule has 1 saturated heterocycles. The number of hydrogen-bond acceptors (Lipinski definition) is 5. The molecule has 4 nitrogen and oxygen atoms in total. The summed E-state index contributed by atoms with van der Waals surface area (Å²) in [6.07, 6.45) is 4.95. The summed E-state index contributed by atoms with van der Waals surface area (Å²) < 4.78 is 5.56. The summed E-state index contributed by atoms with van der Waals surface area (Å²) in [4.78, 5) is 13.2. The van der Waals surface area contributed by atoms with Crippen molar-refractivity contribution in [3.05, 3.63) is 45.7 Å². The van der Waals surface area contributed by atoms with Crippen LogP contribution in [0.2, 0.25) is 0 Å². The minimum atomic E-state index is 0.473. The molecule has 5 heteroatoms. The average molecular weight is 315 g/mol. The zero-order valence-corrected chi connectivity index (χ0v) is 13.5. The third-order valence-electron chi connectivity index (χ3n) is 4.69. The van der Waals surface area contributed by atoms with Gasteiger partial charge in [0, 0.05) is 49.2 Å².